The Morgan fingerprint density at radius 2 is 0.860 bits per heavy atom. The monoisotopic (exact) mass is 1250 g/mol. The van der Waals surface area contributed by atoms with Crippen molar-refractivity contribution in [2.45, 2.75) is 52.1 Å². The number of rotatable bonds is 19. The molecule has 4 atom stereocenters. The van der Waals surface area contributed by atoms with Gasteiger partial charge in [0.2, 0.25) is 11.8 Å². The van der Waals surface area contributed by atoms with Crippen LogP contribution in [-0.2, 0) is 9.59 Å². The van der Waals surface area contributed by atoms with Gasteiger partial charge >= 0.3 is 0 Å². The van der Waals surface area contributed by atoms with E-state index in [1.807, 2.05) is 45.2 Å². The van der Waals surface area contributed by atoms with E-state index in [4.69, 9.17) is 5.11 Å². The van der Waals surface area contributed by atoms with Crippen LogP contribution in [0.3, 0.4) is 0 Å². The summed E-state index contributed by atoms with van der Waals surface area (Å²) < 4.78 is 0.794. The lowest BCUT2D eigenvalue weighted by atomic mass is 10.00. The highest BCUT2D eigenvalue weighted by Gasteiger charge is 2.32. The van der Waals surface area contributed by atoms with E-state index in [1.165, 1.54) is 20.8 Å². The van der Waals surface area contributed by atoms with Crippen molar-refractivity contribution in [3.05, 3.63) is 47.7 Å². The fourth-order valence-electron chi connectivity index (χ4n) is 5.23. The summed E-state index contributed by atoms with van der Waals surface area (Å²) in [6.07, 6.45) is -5.53. The molecule has 0 aromatic heterocycles. The van der Waals surface area contributed by atoms with Crippen molar-refractivity contribution >= 4 is 137 Å². The Bertz CT molecular complexity index is 1870. The van der Waals surface area contributed by atoms with Crippen molar-refractivity contribution in [1.82, 2.24) is 20.9 Å². The van der Waals surface area contributed by atoms with Gasteiger partial charge < -0.3 is 67.2 Å². The molecule has 0 saturated heterocycles. The fourth-order valence-corrected chi connectivity index (χ4v) is 10.7. The van der Waals surface area contributed by atoms with E-state index >= 15 is 0 Å². The maximum absolute atomic E-state index is 14.3. The van der Waals surface area contributed by atoms with E-state index in [1.54, 1.807) is 52.1 Å². The summed E-state index contributed by atoms with van der Waals surface area (Å²) in [5.41, 5.74) is 0.642. The topological polar surface area (TPSA) is 307 Å². The van der Waals surface area contributed by atoms with Crippen molar-refractivity contribution in [2.75, 3.05) is 63.2 Å². The van der Waals surface area contributed by atoms with Gasteiger partial charge in [-0.3, -0.25) is 28.8 Å². The molecule has 12 N–H and O–H groups in total. The van der Waals surface area contributed by atoms with E-state index in [0.717, 1.165) is 4.90 Å². The van der Waals surface area contributed by atoms with E-state index in [9.17, 15) is 59.4 Å². The zero-order valence-corrected chi connectivity index (χ0v) is 39.6. The number of carbonyl (C=O) groups excluding carboxylic acids is 6. The molecule has 2 rings (SSSR count). The molecular weight excluding hydrogens is 1210 g/mol. The largest absolute Gasteiger partial charge is 0.394 e. The molecule has 19 nitrogen and oxygen atoms in total. The highest BCUT2D eigenvalue weighted by molar-refractivity contribution is 14.1. The Labute approximate surface area is 382 Å². The second kappa shape index (κ2) is 23.6. The average Bonchev–Trinajstić information content (AvgIpc) is 3.14. The first-order valence-electron chi connectivity index (χ1n) is 16.9. The van der Waals surface area contributed by atoms with Crippen molar-refractivity contribution in [1.29, 1.82) is 0 Å². The van der Waals surface area contributed by atoms with Crippen LogP contribution >= 0.6 is 90.4 Å². The van der Waals surface area contributed by atoms with Gasteiger partial charge in [0.25, 0.3) is 23.6 Å². The van der Waals surface area contributed by atoms with E-state index in [2.05, 4.69) is 26.6 Å². The van der Waals surface area contributed by atoms with Crippen LogP contribution in [0.15, 0.2) is 0 Å². The van der Waals surface area contributed by atoms with Gasteiger partial charge in [0, 0.05) is 53.7 Å². The molecule has 0 aliphatic carbocycles. The zero-order valence-electron chi connectivity index (χ0n) is 31.0. The van der Waals surface area contributed by atoms with Crippen LogP contribution in [0.1, 0.15) is 66.4 Å². The summed E-state index contributed by atoms with van der Waals surface area (Å²) in [5.74, 6) is -4.07. The third-order valence-corrected chi connectivity index (χ3v) is 12.3. The van der Waals surface area contributed by atoms with Crippen LogP contribution in [0.2, 0.25) is 0 Å². The Balaban J connectivity index is 2.56. The number of carbonyl (C=O) groups is 6. The van der Waals surface area contributed by atoms with E-state index in [-0.39, 0.29) is 66.6 Å². The van der Waals surface area contributed by atoms with E-state index < -0.39 is 99.3 Å². The summed E-state index contributed by atoms with van der Waals surface area (Å²) >= 11 is 7.21. The Morgan fingerprint density at radius 3 is 1.25 bits per heavy atom. The zero-order chi connectivity index (χ0) is 43.5. The molecule has 2 aromatic rings. The van der Waals surface area contributed by atoms with Crippen molar-refractivity contribution in [3.8, 4) is 0 Å². The Morgan fingerprint density at radius 1 is 0.526 bits per heavy atom. The molecule has 0 aliphatic rings. The van der Waals surface area contributed by atoms with Gasteiger partial charge in [-0.2, -0.15) is 0 Å². The molecule has 316 valence electrons. The average molecular weight is 1250 g/mol. The number of nitrogens with zero attached hydrogens (tertiary/aromatic N) is 1. The maximum atomic E-state index is 14.3. The minimum absolute atomic E-state index is 0.00381. The van der Waals surface area contributed by atoms with Crippen LogP contribution in [0.25, 0.3) is 0 Å². The van der Waals surface area contributed by atoms with Gasteiger partial charge in [-0.25, -0.2) is 0 Å². The first kappa shape index (κ1) is 51.0. The van der Waals surface area contributed by atoms with Gasteiger partial charge in [-0.1, -0.05) is 0 Å². The van der Waals surface area contributed by atoms with E-state index in [0.29, 0.717) is 5.56 Å². The second-order valence-electron chi connectivity index (χ2n) is 12.6. The number of nitrogens with one attached hydrogen (secondary N) is 5. The maximum Gasteiger partial charge on any atom is 0.255 e. The molecule has 0 aliphatic heterocycles. The Hall–Kier alpha value is -2.10. The van der Waals surface area contributed by atoms with Gasteiger partial charge in [-0.05, 0) is 115 Å². The lowest BCUT2D eigenvalue weighted by Gasteiger charge is -2.29. The second-order valence-corrected chi connectivity index (χ2v) is 16.9. The number of benzene rings is 2. The Kier molecular flexibility index (Phi) is 21.2. The van der Waals surface area contributed by atoms with Crippen molar-refractivity contribution in [3.63, 3.8) is 0 Å². The van der Waals surface area contributed by atoms with Crippen LogP contribution in [0.5, 0.6) is 0 Å². The number of amides is 6. The van der Waals surface area contributed by atoms with Crippen LogP contribution < -0.4 is 26.6 Å². The lowest BCUT2D eigenvalue weighted by molar-refractivity contribution is -0.115. The number of aliphatic hydroxyl groups excluding tert-OH is 7. The minimum Gasteiger partial charge on any atom is -0.394 e. The van der Waals surface area contributed by atoms with Crippen LogP contribution in [0.4, 0.5) is 11.4 Å². The summed E-state index contributed by atoms with van der Waals surface area (Å²) in [5, 5.41) is 81.9. The molecule has 57 heavy (non-hydrogen) atoms. The van der Waals surface area contributed by atoms with Gasteiger partial charge in [0.05, 0.1) is 85.0 Å². The minimum atomic E-state index is -1.51. The molecule has 6 amide bonds. The quantitative estimate of drug-likeness (QED) is 0.0783. The standard InChI is InChI=1S/C34H44I4N6O13/c1-13-21(31(54)40-6-18(51)10-45)25(35)23(27(37)29(13)42-15(3)48)32(55)39-5-17(50)8-44(9-20(53)12-47)34(57)22-14(2)30(43-16(4)49)28(38)24(26(22)36)33(56)41-7-19(52)11-46/h17-20,45-47,50-53H,5-12H2,1-4H3,(H,39,55)(H,40,54)(H,41,56)(H,42,48)(H,43,49). The van der Waals surface area contributed by atoms with Crippen LogP contribution in [0, 0.1) is 28.1 Å². The summed E-state index contributed by atoms with van der Waals surface area (Å²) in [7, 11) is 0. The molecule has 0 heterocycles. The van der Waals surface area contributed by atoms with Gasteiger partial charge in [0.1, 0.15) is 0 Å². The summed E-state index contributed by atoms with van der Waals surface area (Å²) in [6, 6.07) is 0. The van der Waals surface area contributed by atoms with Crippen molar-refractivity contribution < 1.29 is 64.5 Å². The molecule has 0 radical (unpaired) electrons. The SMILES string of the molecule is CC(=O)Nc1c(C)c(C(=O)NCC(O)CO)c(I)c(C(=O)NCC(O)CN(CC(O)CO)C(=O)c2c(C)c(NC(C)=O)c(I)c(C(=O)NCC(O)CO)c2I)c1I. The normalized spacial score (nSPS) is 13.2. The molecule has 0 bridgehead atoms. The smallest absolute Gasteiger partial charge is 0.255 e. The number of hydrogen-bond donors (Lipinski definition) is 12. The first-order chi connectivity index (χ1) is 26.6. The highest BCUT2D eigenvalue weighted by Crippen LogP contribution is 2.36. The molecule has 0 saturated carbocycles. The van der Waals surface area contributed by atoms with Gasteiger partial charge in [0.15, 0.2) is 0 Å². The van der Waals surface area contributed by atoms with Crippen LogP contribution in [-0.4, -0.2) is 153 Å². The fraction of sp³-hybridized carbons (Fsp3) is 0.471. The number of hydrogen-bond acceptors (Lipinski definition) is 13. The number of anilines is 2. The molecule has 0 fully saturated rings. The third kappa shape index (κ3) is 13.7. The summed E-state index contributed by atoms with van der Waals surface area (Å²) in [4.78, 5) is 80.0. The molecule has 4 unspecified atom stereocenters. The third-order valence-electron chi connectivity index (χ3n) is 8.03. The molecule has 0 spiro atoms. The summed E-state index contributed by atoms with van der Waals surface area (Å²) in [6.45, 7) is 1.33. The highest BCUT2D eigenvalue weighted by atomic mass is 127. The predicted octanol–water partition coefficient (Wildman–Crippen LogP) is -0.609. The molecule has 2 aromatic carbocycles. The molecular formula is C34H44I4N6O13. The van der Waals surface area contributed by atoms with Gasteiger partial charge in [-0.15, -0.1) is 0 Å². The predicted molar refractivity (Wildman–Crippen MR) is 240 cm³/mol. The number of halogens is 4. The van der Waals surface area contributed by atoms with Crippen molar-refractivity contribution in [2.24, 2.45) is 0 Å². The number of aliphatic hydroxyl groups is 7. The molecule has 23 heteroatoms. The first-order valence-corrected chi connectivity index (χ1v) is 21.2. The lowest BCUT2D eigenvalue weighted by Crippen LogP contribution is -2.46.